The van der Waals surface area contributed by atoms with Crippen molar-refractivity contribution in [1.29, 1.82) is 0 Å². The highest BCUT2D eigenvalue weighted by Gasteiger charge is 2.33. The van der Waals surface area contributed by atoms with Crippen LogP contribution in [-0.2, 0) is 6.54 Å². The SMILES string of the molecule is CN1CCN([C@@H]2CCN(Cc3ccc(-c4ccco4)cc3)C[C@H]2O)CC1. The second-order valence-corrected chi connectivity index (χ2v) is 7.67. The molecule has 0 spiro atoms. The topological polar surface area (TPSA) is 43.1 Å². The molecule has 2 fully saturated rings. The Kier molecular flexibility index (Phi) is 5.41. The van der Waals surface area contributed by atoms with Crippen LogP contribution in [0.3, 0.4) is 0 Å². The summed E-state index contributed by atoms with van der Waals surface area (Å²) in [6, 6.07) is 12.8. The van der Waals surface area contributed by atoms with Crippen LogP contribution in [0, 0.1) is 0 Å². The largest absolute Gasteiger partial charge is 0.464 e. The van der Waals surface area contributed by atoms with Gasteiger partial charge in [0.05, 0.1) is 12.4 Å². The van der Waals surface area contributed by atoms with Crippen molar-refractivity contribution in [3.63, 3.8) is 0 Å². The van der Waals surface area contributed by atoms with Gasteiger partial charge in [0.25, 0.3) is 0 Å². The lowest BCUT2D eigenvalue weighted by molar-refractivity contribution is -0.0286. The molecule has 1 N–H and O–H groups in total. The predicted octanol–water partition coefficient (Wildman–Crippen LogP) is 2.13. The van der Waals surface area contributed by atoms with Gasteiger partial charge < -0.3 is 14.4 Å². The minimum Gasteiger partial charge on any atom is -0.464 e. The Bertz CT molecular complexity index is 678. The fraction of sp³-hybridized carbons (Fsp3) is 0.524. The van der Waals surface area contributed by atoms with Gasteiger partial charge in [-0.1, -0.05) is 24.3 Å². The number of piperazine rings is 1. The Morgan fingerprint density at radius 2 is 1.81 bits per heavy atom. The van der Waals surface area contributed by atoms with Gasteiger partial charge in [-0.3, -0.25) is 9.80 Å². The zero-order valence-corrected chi connectivity index (χ0v) is 15.6. The first-order valence-corrected chi connectivity index (χ1v) is 9.65. The number of nitrogens with zero attached hydrogens (tertiary/aromatic N) is 3. The highest BCUT2D eigenvalue weighted by molar-refractivity contribution is 5.57. The molecule has 5 heteroatoms. The molecule has 5 nitrogen and oxygen atoms in total. The fourth-order valence-electron chi connectivity index (χ4n) is 4.18. The predicted molar refractivity (Wildman–Crippen MR) is 103 cm³/mol. The molecule has 0 radical (unpaired) electrons. The number of rotatable bonds is 4. The molecule has 26 heavy (non-hydrogen) atoms. The first-order chi connectivity index (χ1) is 12.7. The van der Waals surface area contributed by atoms with Crippen molar-refractivity contribution in [2.24, 2.45) is 0 Å². The monoisotopic (exact) mass is 355 g/mol. The zero-order valence-electron chi connectivity index (χ0n) is 15.6. The quantitative estimate of drug-likeness (QED) is 0.910. The van der Waals surface area contributed by atoms with E-state index >= 15 is 0 Å². The Morgan fingerprint density at radius 1 is 1.04 bits per heavy atom. The normalized spacial score (nSPS) is 26.2. The Labute approximate surface area is 155 Å². The van der Waals surface area contributed by atoms with Crippen LogP contribution in [0.5, 0.6) is 0 Å². The van der Waals surface area contributed by atoms with E-state index in [2.05, 4.69) is 46.0 Å². The average Bonchev–Trinajstić information content (AvgIpc) is 3.18. The number of likely N-dealkylation sites (N-methyl/N-ethyl adjacent to an activating group) is 1. The van der Waals surface area contributed by atoms with Crippen LogP contribution in [0.25, 0.3) is 11.3 Å². The van der Waals surface area contributed by atoms with Gasteiger partial charge >= 0.3 is 0 Å². The van der Waals surface area contributed by atoms with Crippen molar-refractivity contribution in [2.75, 3.05) is 46.3 Å². The van der Waals surface area contributed by atoms with Crippen LogP contribution in [0.2, 0.25) is 0 Å². The molecule has 4 rings (SSSR count). The highest BCUT2D eigenvalue weighted by Crippen LogP contribution is 2.23. The van der Waals surface area contributed by atoms with E-state index in [-0.39, 0.29) is 6.10 Å². The number of aliphatic hydroxyl groups excluding tert-OH is 1. The molecule has 2 aromatic rings. The Morgan fingerprint density at radius 3 is 2.46 bits per heavy atom. The standard InChI is InChI=1S/C21H29N3O2/c1-22-10-12-24(13-11-22)19-8-9-23(16-20(19)25)15-17-4-6-18(7-5-17)21-3-2-14-26-21/h2-7,14,19-20,25H,8-13,15-16H2,1H3/t19-,20-/m1/s1. The molecule has 2 aliphatic heterocycles. The van der Waals surface area contributed by atoms with Crippen LogP contribution in [0.4, 0.5) is 0 Å². The maximum atomic E-state index is 10.7. The van der Waals surface area contributed by atoms with Crippen LogP contribution >= 0.6 is 0 Å². The van der Waals surface area contributed by atoms with E-state index < -0.39 is 0 Å². The van der Waals surface area contributed by atoms with Gasteiger partial charge in [-0.2, -0.15) is 0 Å². The molecule has 0 saturated carbocycles. The average molecular weight is 355 g/mol. The molecule has 2 atom stereocenters. The van der Waals surface area contributed by atoms with Crippen LogP contribution in [0.1, 0.15) is 12.0 Å². The lowest BCUT2D eigenvalue weighted by Crippen LogP contribution is -2.58. The van der Waals surface area contributed by atoms with Gasteiger partial charge in [-0.25, -0.2) is 0 Å². The zero-order chi connectivity index (χ0) is 17.9. The second kappa shape index (κ2) is 7.92. The number of likely N-dealkylation sites (tertiary alicyclic amines) is 1. The summed E-state index contributed by atoms with van der Waals surface area (Å²) in [5, 5.41) is 10.7. The summed E-state index contributed by atoms with van der Waals surface area (Å²) < 4.78 is 5.45. The molecule has 140 valence electrons. The van der Waals surface area contributed by atoms with E-state index in [9.17, 15) is 5.11 Å². The van der Waals surface area contributed by atoms with Gasteiger partial charge in [-0.05, 0) is 31.2 Å². The summed E-state index contributed by atoms with van der Waals surface area (Å²) in [4.78, 5) is 7.23. The van der Waals surface area contributed by atoms with E-state index in [1.54, 1.807) is 6.26 Å². The van der Waals surface area contributed by atoms with Crippen LogP contribution < -0.4 is 0 Å². The number of benzene rings is 1. The number of hydrogen-bond donors (Lipinski definition) is 1. The van der Waals surface area contributed by atoms with Crippen molar-refractivity contribution >= 4 is 0 Å². The van der Waals surface area contributed by atoms with Crippen molar-refractivity contribution < 1.29 is 9.52 Å². The first kappa shape index (κ1) is 17.7. The van der Waals surface area contributed by atoms with Crippen molar-refractivity contribution in [2.45, 2.75) is 25.1 Å². The molecule has 0 bridgehead atoms. The smallest absolute Gasteiger partial charge is 0.133 e. The molecule has 0 unspecified atom stereocenters. The number of β-amino-alcohol motifs (C(OH)–C–C–N with tert-alkyl or cyclic N) is 1. The minimum absolute atomic E-state index is 0.255. The van der Waals surface area contributed by atoms with Gasteiger partial charge in [0.15, 0.2) is 0 Å². The van der Waals surface area contributed by atoms with Crippen molar-refractivity contribution in [3.8, 4) is 11.3 Å². The minimum atomic E-state index is -0.255. The van der Waals surface area contributed by atoms with E-state index in [1.807, 2.05) is 12.1 Å². The summed E-state index contributed by atoms with van der Waals surface area (Å²) in [7, 11) is 2.17. The van der Waals surface area contributed by atoms with E-state index in [0.29, 0.717) is 6.04 Å². The lowest BCUT2D eigenvalue weighted by atomic mass is 9.98. The maximum absolute atomic E-state index is 10.7. The third kappa shape index (κ3) is 4.01. The summed E-state index contributed by atoms with van der Waals surface area (Å²) in [5.41, 5.74) is 2.39. The summed E-state index contributed by atoms with van der Waals surface area (Å²) >= 11 is 0. The molecule has 0 amide bonds. The van der Waals surface area contributed by atoms with Crippen molar-refractivity contribution in [1.82, 2.24) is 14.7 Å². The number of hydrogen-bond acceptors (Lipinski definition) is 5. The number of aliphatic hydroxyl groups is 1. The molecule has 1 aromatic heterocycles. The Hall–Kier alpha value is -1.66. The van der Waals surface area contributed by atoms with Crippen LogP contribution in [0.15, 0.2) is 47.1 Å². The molecular weight excluding hydrogens is 326 g/mol. The van der Waals surface area contributed by atoms with Gasteiger partial charge in [0.1, 0.15) is 5.76 Å². The molecule has 1 aromatic carbocycles. The van der Waals surface area contributed by atoms with E-state index in [0.717, 1.165) is 63.6 Å². The molecular formula is C21H29N3O2. The molecule has 0 aliphatic carbocycles. The third-order valence-corrected chi connectivity index (χ3v) is 5.80. The summed E-state index contributed by atoms with van der Waals surface area (Å²) in [6.07, 6.45) is 2.50. The first-order valence-electron chi connectivity index (χ1n) is 9.65. The number of piperidine rings is 1. The highest BCUT2D eigenvalue weighted by atomic mass is 16.3. The van der Waals surface area contributed by atoms with Gasteiger partial charge in [0, 0.05) is 57.4 Å². The van der Waals surface area contributed by atoms with E-state index in [1.165, 1.54) is 5.56 Å². The van der Waals surface area contributed by atoms with Gasteiger partial charge in [-0.15, -0.1) is 0 Å². The van der Waals surface area contributed by atoms with Crippen LogP contribution in [-0.4, -0.2) is 78.3 Å². The second-order valence-electron chi connectivity index (χ2n) is 7.67. The fourth-order valence-corrected chi connectivity index (χ4v) is 4.18. The lowest BCUT2D eigenvalue weighted by Gasteiger charge is -2.44. The van der Waals surface area contributed by atoms with Crippen molar-refractivity contribution in [3.05, 3.63) is 48.2 Å². The van der Waals surface area contributed by atoms with E-state index in [4.69, 9.17) is 4.42 Å². The van der Waals surface area contributed by atoms with Gasteiger partial charge in [0.2, 0.25) is 0 Å². The summed E-state index contributed by atoms with van der Waals surface area (Å²) in [5.74, 6) is 0.903. The molecule has 2 saturated heterocycles. The molecule has 2 aliphatic rings. The summed E-state index contributed by atoms with van der Waals surface area (Å²) in [6.45, 7) is 7.07. The number of furan rings is 1. The third-order valence-electron chi connectivity index (χ3n) is 5.80. The Balaban J connectivity index is 1.31. The maximum Gasteiger partial charge on any atom is 0.133 e. The molecule has 3 heterocycles.